The molecule has 144 valence electrons. The molecule has 1 heterocycles. The molecule has 3 aromatic rings. The van der Waals surface area contributed by atoms with Gasteiger partial charge in [-0.05, 0) is 46.9 Å². The van der Waals surface area contributed by atoms with Crippen molar-refractivity contribution in [2.24, 2.45) is 0 Å². The molecular formula is C25H21FN2O. The number of halogens is 1. The molecule has 0 saturated heterocycles. The van der Waals surface area contributed by atoms with Crippen LogP contribution in [0.15, 0.2) is 66.7 Å². The number of fused-ring (bicyclic) bond motifs is 1. The Morgan fingerprint density at radius 3 is 2.62 bits per heavy atom. The monoisotopic (exact) mass is 384 g/mol. The van der Waals surface area contributed by atoms with Crippen LogP contribution in [-0.4, -0.2) is 17.2 Å². The molecule has 0 saturated carbocycles. The summed E-state index contributed by atoms with van der Waals surface area (Å²) in [7, 11) is 0. The number of hydrogen-bond acceptors (Lipinski definition) is 2. The highest BCUT2D eigenvalue weighted by molar-refractivity contribution is 5.97. The topological polar surface area (TPSA) is 24.7 Å². The number of rotatable bonds is 5. The molecule has 0 atom stereocenters. The van der Waals surface area contributed by atoms with Gasteiger partial charge in [0.1, 0.15) is 5.82 Å². The summed E-state index contributed by atoms with van der Waals surface area (Å²) in [6.45, 7) is 9.38. The number of nitrogens with zero attached hydrogens (tertiary/aromatic N) is 2. The van der Waals surface area contributed by atoms with Gasteiger partial charge in [-0.25, -0.2) is 9.24 Å². The number of benzene rings is 3. The van der Waals surface area contributed by atoms with Crippen LogP contribution >= 0.6 is 0 Å². The molecule has 0 aliphatic carbocycles. The van der Waals surface area contributed by atoms with Crippen LogP contribution in [0.5, 0.6) is 0 Å². The van der Waals surface area contributed by atoms with Crippen molar-refractivity contribution in [3.63, 3.8) is 0 Å². The Morgan fingerprint density at radius 2 is 1.83 bits per heavy atom. The minimum atomic E-state index is -0.192. The lowest BCUT2D eigenvalue weighted by Gasteiger charge is -2.28. The molecule has 1 aliphatic heterocycles. The van der Waals surface area contributed by atoms with E-state index in [1.165, 1.54) is 11.6 Å². The molecule has 0 amide bonds. The maximum absolute atomic E-state index is 13.5. The Labute approximate surface area is 170 Å². The maximum Gasteiger partial charge on any atom is 0.187 e. The molecule has 1 aliphatic rings. The Kier molecular flexibility index (Phi) is 5.50. The van der Waals surface area contributed by atoms with Gasteiger partial charge in [0.25, 0.3) is 0 Å². The lowest BCUT2D eigenvalue weighted by Crippen LogP contribution is -2.30. The average molecular weight is 384 g/mol. The highest BCUT2D eigenvalue weighted by atomic mass is 19.1. The van der Waals surface area contributed by atoms with E-state index in [9.17, 15) is 9.18 Å². The predicted octanol–water partition coefficient (Wildman–Crippen LogP) is 5.36. The fraction of sp³-hybridized carbons (Fsp3) is 0.200. The van der Waals surface area contributed by atoms with Crippen molar-refractivity contribution in [3.05, 3.63) is 112 Å². The fourth-order valence-electron chi connectivity index (χ4n) is 3.80. The van der Waals surface area contributed by atoms with Crippen LogP contribution < -0.4 is 0 Å². The van der Waals surface area contributed by atoms with E-state index in [1.807, 2.05) is 42.5 Å². The summed E-state index contributed by atoms with van der Waals surface area (Å²) in [6, 6.07) is 19.9. The predicted molar refractivity (Wildman–Crippen MR) is 111 cm³/mol. The Bertz CT molecular complexity index is 1080. The molecule has 29 heavy (non-hydrogen) atoms. The second-order valence-electron chi connectivity index (χ2n) is 7.45. The van der Waals surface area contributed by atoms with Gasteiger partial charge in [-0.15, -0.1) is 0 Å². The van der Waals surface area contributed by atoms with Gasteiger partial charge in [0, 0.05) is 31.6 Å². The van der Waals surface area contributed by atoms with Crippen LogP contribution in [0.3, 0.4) is 0 Å². The summed E-state index contributed by atoms with van der Waals surface area (Å²) in [5, 5.41) is 0. The second kappa shape index (κ2) is 8.38. The molecule has 4 heteroatoms. The number of hydrogen-bond donors (Lipinski definition) is 0. The van der Waals surface area contributed by atoms with Crippen LogP contribution in [0.2, 0.25) is 0 Å². The summed E-state index contributed by atoms with van der Waals surface area (Å²) in [5.41, 5.74) is 5.52. The summed E-state index contributed by atoms with van der Waals surface area (Å²) in [4.78, 5) is 18.4. The van der Waals surface area contributed by atoms with Crippen molar-refractivity contribution in [3.8, 4) is 0 Å². The summed E-state index contributed by atoms with van der Waals surface area (Å²) in [5.74, 6) is -0.129. The minimum Gasteiger partial charge on any atom is -0.294 e. The number of carbonyl (C=O) groups is 1. The number of carbonyl (C=O) groups excluding carboxylic acids is 1. The largest absolute Gasteiger partial charge is 0.294 e. The van der Waals surface area contributed by atoms with Gasteiger partial charge in [0.05, 0.1) is 6.57 Å². The van der Waals surface area contributed by atoms with Gasteiger partial charge in [-0.1, -0.05) is 48.5 Å². The van der Waals surface area contributed by atoms with Gasteiger partial charge >= 0.3 is 0 Å². The van der Waals surface area contributed by atoms with Crippen molar-refractivity contribution in [1.29, 1.82) is 0 Å². The Balaban J connectivity index is 1.43. The molecule has 0 N–H and O–H groups in total. The second-order valence-corrected chi connectivity index (χ2v) is 7.45. The first-order chi connectivity index (χ1) is 14.1. The van der Waals surface area contributed by atoms with E-state index in [-0.39, 0.29) is 11.6 Å². The van der Waals surface area contributed by atoms with Crippen molar-refractivity contribution in [1.82, 2.24) is 4.90 Å². The van der Waals surface area contributed by atoms with Crippen LogP contribution in [0, 0.1) is 12.4 Å². The SMILES string of the molecule is [C-]#[N+]c1ccc(CC(=O)c2cccc(CN3CCc4ccc(F)cc4C3)c2)cc1. The standard InChI is InChI=1S/C25H21FN2O/c1-27-24-9-5-18(6-10-24)14-25(29)21-4-2-3-19(13-21)16-28-12-11-20-7-8-23(26)15-22(20)17-28/h2-10,13,15H,11-12,14,16-17H2. The first-order valence-electron chi connectivity index (χ1n) is 9.69. The van der Waals surface area contributed by atoms with E-state index in [2.05, 4.69) is 9.74 Å². The third kappa shape index (κ3) is 4.59. The average Bonchev–Trinajstić information content (AvgIpc) is 2.74. The summed E-state index contributed by atoms with van der Waals surface area (Å²) >= 11 is 0. The lowest BCUT2D eigenvalue weighted by atomic mass is 9.98. The third-order valence-corrected chi connectivity index (χ3v) is 5.34. The number of Topliss-reactive ketones (excluding diaryl/α,β-unsaturated/α-hetero) is 1. The zero-order chi connectivity index (χ0) is 20.2. The van der Waals surface area contributed by atoms with E-state index >= 15 is 0 Å². The molecule has 4 rings (SSSR count). The zero-order valence-electron chi connectivity index (χ0n) is 16.1. The molecule has 0 bridgehead atoms. The highest BCUT2D eigenvalue weighted by Gasteiger charge is 2.17. The van der Waals surface area contributed by atoms with Crippen molar-refractivity contribution >= 4 is 11.5 Å². The first kappa shape index (κ1) is 19.0. The normalized spacial score (nSPS) is 13.5. The maximum atomic E-state index is 13.5. The summed E-state index contributed by atoms with van der Waals surface area (Å²) < 4.78 is 13.5. The smallest absolute Gasteiger partial charge is 0.187 e. The highest BCUT2D eigenvalue weighted by Crippen LogP contribution is 2.22. The van der Waals surface area contributed by atoms with Crippen LogP contribution in [0.25, 0.3) is 4.85 Å². The summed E-state index contributed by atoms with van der Waals surface area (Å²) in [6.07, 6.45) is 1.23. The van der Waals surface area contributed by atoms with Gasteiger partial charge in [0.2, 0.25) is 0 Å². The van der Waals surface area contributed by atoms with Crippen LogP contribution in [-0.2, 0) is 25.9 Å². The number of ketones is 1. The minimum absolute atomic E-state index is 0.0634. The van der Waals surface area contributed by atoms with E-state index in [1.54, 1.807) is 18.2 Å². The van der Waals surface area contributed by atoms with Gasteiger partial charge in [0.15, 0.2) is 11.5 Å². The molecule has 0 spiro atoms. The molecular weight excluding hydrogens is 363 g/mol. The molecule has 0 aromatic heterocycles. The molecule has 0 unspecified atom stereocenters. The van der Waals surface area contributed by atoms with E-state index in [4.69, 9.17) is 6.57 Å². The van der Waals surface area contributed by atoms with Crippen molar-refractivity contribution < 1.29 is 9.18 Å². The van der Waals surface area contributed by atoms with E-state index in [0.717, 1.165) is 42.7 Å². The van der Waals surface area contributed by atoms with Gasteiger partial charge < -0.3 is 0 Å². The van der Waals surface area contributed by atoms with E-state index < -0.39 is 0 Å². The lowest BCUT2D eigenvalue weighted by molar-refractivity contribution is 0.0992. The van der Waals surface area contributed by atoms with Gasteiger partial charge in [-0.3, -0.25) is 9.69 Å². The Morgan fingerprint density at radius 1 is 1.00 bits per heavy atom. The van der Waals surface area contributed by atoms with Crippen molar-refractivity contribution in [2.75, 3.05) is 6.54 Å². The quantitative estimate of drug-likeness (QED) is 0.437. The molecule has 3 aromatic carbocycles. The Hall–Kier alpha value is -3.29. The molecule has 0 radical (unpaired) electrons. The van der Waals surface area contributed by atoms with Crippen LogP contribution in [0.1, 0.15) is 32.6 Å². The van der Waals surface area contributed by atoms with Gasteiger partial charge in [-0.2, -0.15) is 0 Å². The zero-order valence-corrected chi connectivity index (χ0v) is 16.1. The van der Waals surface area contributed by atoms with Crippen LogP contribution in [0.4, 0.5) is 10.1 Å². The molecule has 3 nitrogen and oxygen atoms in total. The third-order valence-electron chi connectivity index (χ3n) is 5.34. The van der Waals surface area contributed by atoms with E-state index in [0.29, 0.717) is 17.7 Å². The van der Waals surface area contributed by atoms with Crippen molar-refractivity contribution in [2.45, 2.75) is 25.9 Å². The fourth-order valence-corrected chi connectivity index (χ4v) is 3.80. The molecule has 0 fully saturated rings. The first-order valence-corrected chi connectivity index (χ1v) is 9.69.